The van der Waals surface area contributed by atoms with Crippen LogP contribution >= 0.6 is 0 Å². The average Bonchev–Trinajstić information content (AvgIpc) is 4.06. The Hall–Kier alpha value is -4.09. The molecule has 0 aliphatic carbocycles. The van der Waals surface area contributed by atoms with Crippen LogP contribution in [0.3, 0.4) is 0 Å². The van der Waals surface area contributed by atoms with Gasteiger partial charge in [0.2, 0.25) is 0 Å². The number of ether oxygens (including phenoxy) is 5. The summed E-state index contributed by atoms with van der Waals surface area (Å²) in [5, 5.41) is 0. The van der Waals surface area contributed by atoms with E-state index in [0.29, 0.717) is 57.1 Å². The van der Waals surface area contributed by atoms with E-state index in [2.05, 4.69) is 53.3 Å². The number of hydrogen-bond donors (Lipinski definition) is 2. The molecule has 0 radical (unpaired) electrons. The van der Waals surface area contributed by atoms with Crippen molar-refractivity contribution in [3.8, 4) is 5.75 Å². The van der Waals surface area contributed by atoms with E-state index < -0.39 is 0 Å². The molecule has 0 atom stereocenters. The Balaban J connectivity index is 1.42. The molecule has 0 saturated heterocycles. The number of hydrogen-bond acceptors (Lipinski definition) is 8. The van der Waals surface area contributed by atoms with E-state index in [0.717, 1.165) is 93.5 Å². The molecule has 2 aliphatic heterocycles. The number of fused-ring (bicyclic) bond motifs is 10. The Morgan fingerprint density at radius 3 is 1.60 bits per heavy atom. The van der Waals surface area contributed by atoms with Crippen molar-refractivity contribution in [2.24, 2.45) is 0 Å². The molecule has 328 valence electrons. The van der Waals surface area contributed by atoms with Gasteiger partial charge in [-0.1, -0.05) is 96.8 Å². The van der Waals surface area contributed by atoms with Gasteiger partial charge in [0.05, 0.1) is 54.5 Å². The van der Waals surface area contributed by atoms with Crippen molar-refractivity contribution in [2.75, 3.05) is 54.9 Å². The zero-order valence-corrected chi connectivity index (χ0v) is 37.4. The number of aromatic amines is 2. The van der Waals surface area contributed by atoms with Gasteiger partial charge < -0.3 is 33.7 Å². The number of carbonyl (C=O) groups excluding carboxylic acids is 1. The van der Waals surface area contributed by atoms with Gasteiger partial charge in [-0.05, 0) is 90.8 Å². The van der Waals surface area contributed by atoms with Crippen LogP contribution in [0, 0.1) is 0 Å². The van der Waals surface area contributed by atoms with Crippen LogP contribution in [0.15, 0.2) is 30.3 Å². The van der Waals surface area contributed by atoms with Crippen LogP contribution in [-0.4, -0.2) is 80.8 Å². The van der Waals surface area contributed by atoms with Gasteiger partial charge in [0.15, 0.2) is 5.75 Å². The van der Waals surface area contributed by atoms with Crippen LogP contribution in [0.2, 0.25) is 0 Å². The molecule has 0 unspecified atom stereocenters. The highest BCUT2D eigenvalue weighted by Crippen LogP contribution is 2.35. The smallest absolute Gasteiger partial charge is 0.311 e. The molecule has 2 N–H and O–H groups in total. The first kappa shape index (κ1) is 47.0. The van der Waals surface area contributed by atoms with Crippen LogP contribution in [0.1, 0.15) is 156 Å². The fourth-order valence-corrected chi connectivity index (χ4v) is 8.05. The van der Waals surface area contributed by atoms with Crippen LogP contribution in [0.25, 0.3) is 45.4 Å². The van der Waals surface area contributed by atoms with Crippen LogP contribution in [-0.2, 0) is 36.6 Å². The quantitative estimate of drug-likeness (QED) is 0.0524. The van der Waals surface area contributed by atoms with Crippen molar-refractivity contribution in [1.82, 2.24) is 19.9 Å². The van der Waals surface area contributed by atoms with E-state index in [-0.39, 0.29) is 5.97 Å². The van der Waals surface area contributed by atoms with Gasteiger partial charge in [-0.2, -0.15) is 0 Å². The minimum absolute atomic E-state index is 0.253. The molecule has 0 spiro atoms. The number of unbranched alkanes of at least 4 members (excludes halogenated alkanes) is 14. The standard InChI is InChI=1S/C50H72N4O6/c1-6-7-8-9-10-11-12-13-14-15-16-17-18-19-20-21-49(55)60-48-36-43-39(26-30-58-4)34-45(53-43)44-32-37(24-28-56-2)41(51-44)22-23-42-38(25-29-57-3)33-46(52-42)47-35-40(27-31-59-5)50(48)54-47/h22-23,32-36,52-53H,6-21,24-31H2,1-5H3. The molecule has 3 aromatic heterocycles. The average molecular weight is 825 g/mol. The van der Waals surface area contributed by atoms with Gasteiger partial charge in [0.1, 0.15) is 5.69 Å². The third-order valence-corrected chi connectivity index (χ3v) is 11.6. The second kappa shape index (κ2) is 26.3. The predicted octanol–water partition coefficient (Wildman–Crippen LogP) is 12.0. The van der Waals surface area contributed by atoms with Gasteiger partial charge >= 0.3 is 5.97 Å². The molecule has 10 nitrogen and oxygen atoms in total. The topological polar surface area (TPSA) is 121 Å². The number of methoxy groups -OCH3 is 4. The zero-order valence-electron chi connectivity index (χ0n) is 37.4. The molecular weight excluding hydrogens is 753 g/mol. The molecule has 3 aromatic rings. The van der Waals surface area contributed by atoms with Gasteiger partial charge in [0.25, 0.3) is 0 Å². The Morgan fingerprint density at radius 2 is 1.02 bits per heavy atom. The Bertz CT molecular complexity index is 2010. The highest BCUT2D eigenvalue weighted by Gasteiger charge is 2.21. The third-order valence-electron chi connectivity index (χ3n) is 11.6. The predicted molar refractivity (Wildman–Crippen MR) is 246 cm³/mol. The van der Waals surface area contributed by atoms with Crippen molar-refractivity contribution in [3.63, 3.8) is 0 Å². The lowest BCUT2D eigenvalue weighted by Crippen LogP contribution is -2.09. The Morgan fingerprint density at radius 1 is 0.533 bits per heavy atom. The molecule has 5 rings (SSSR count). The number of carbonyl (C=O) groups is 1. The highest BCUT2D eigenvalue weighted by molar-refractivity contribution is 5.92. The minimum atomic E-state index is -0.253. The summed E-state index contributed by atoms with van der Waals surface area (Å²) in [5.74, 6) is 0.165. The monoisotopic (exact) mass is 825 g/mol. The molecule has 0 saturated carbocycles. The first-order chi connectivity index (χ1) is 29.5. The van der Waals surface area contributed by atoms with E-state index in [1.807, 2.05) is 6.07 Å². The fraction of sp³-hybridized carbons (Fsp3) is 0.580. The number of rotatable bonds is 29. The molecule has 0 amide bonds. The van der Waals surface area contributed by atoms with Crippen molar-refractivity contribution >= 4 is 51.3 Å². The molecule has 0 aromatic carbocycles. The molecule has 10 heteroatoms. The normalized spacial score (nSPS) is 12.6. The molecule has 0 fully saturated rings. The molecule has 8 bridgehead atoms. The molecule has 60 heavy (non-hydrogen) atoms. The minimum Gasteiger partial charge on any atom is -0.424 e. The summed E-state index contributed by atoms with van der Waals surface area (Å²) in [4.78, 5) is 31.3. The number of aromatic nitrogens is 4. The van der Waals surface area contributed by atoms with Crippen LogP contribution in [0.4, 0.5) is 0 Å². The summed E-state index contributed by atoms with van der Waals surface area (Å²) >= 11 is 0. The zero-order chi connectivity index (χ0) is 42.4. The SMILES string of the molecule is CCCCCCCCCCCCCCCCCC(=O)Oc1cc2[nH]c(cc2CCOC)c2nc(ccc3[nH]c(cc3CCOC)c3nc1C(CCOC)=C3)C(CCOC)=C2. The maximum atomic E-state index is 13.7. The second-order valence-corrected chi connectivity index (χ2v) is 16.3. The van der Waals surface area contributed by atoms with Gasteiger partial charge in [-0.15, -0.1) is 0 Å². The first-order valence-corrected chi connectivity index (χ1v) is 22.8. The fourth-order valence-electron chi connectivity index (χ4n) is 8.05. The Labute approximate surface area is 358 Å². The third kappa shape index (κ3) is 14.5. The largest absolute Gasteiger partial charge is 0.424 e. The van der Waals surface area contributed by atoms with E-state index in [4.69, 9.17) is 33.7 Å². The van der Waals surface area contributed by atoms with Crippen LogP contribution in [0.5, 0.6) is 5.75 Å². The van der Waals surface area contributed by atoms with Crippen molar-refractivity contribution < 1.29 is 28.5 Å². The van der Waals surface area contributed by atoms with Crippen molar-refractivity contribution in [2.45, 2.75) is 135 Å². The lowest BCUT2D eigenvalue weighted by Gasteiger charge is -2.09. The highest BCUT2D eigenvalue weighted by atomic mass is 16.5. The summed E-state index contributed by atoms with van der Waals surface area (Å²) in [5.41, 5.74) is 10.9. The molecular formula is C50H72N4O6. The van der Waals surface area contributed by atoms with E-state index in [9.17, 15) is 4.79 Å². The Kier molecular flexibility index (Phi) is 20.6. The van der Waals surface area contributed by atoms with Crippen molar-refractivity contribution in [1.29, 1.82) is 0 Å². The first-order valence-electron chi connectivity index (χ1n) is 22.8. The summed E-state index contributed by atoms with van der Waals surface area (Å²) in [6.45, 7) is 4.47. The number of nitrogens with zero attached hydrogens (tertiary/aromatic N) is 2. The van der Waals surface area contributed by atoms with E-state index in [1.54, 1.807) is 28.4 Å². The second-order valence-electron chi connectivity index (χ2n) is 16.3. The number of H-pyrrole nitrogens is 2. The van der Waals surface area contributed by atoms with Gasteiger partial charge in [-0.3, -0.25) is 4.79 Å². The molecule has 2 aliphatic rings. The number of nitrogens with one attached hydrogen (secondary N) is 2. The lowest BCUT2D eigenvalue weighted by molar-refractivity contribution is -0.134. The van der Waals surface area contributed by atoms with Crippen molar-refractivity contribution in [3.05, 3.63) is 64.2 Å². The summed E-state index contributed by atoms with van der Waals surface area (Å²) in [7, 11) is 6.84. The van der Waals surface area contributed by atoms with E-state index >= 15 is 0 Å². The summed E-state index contributed by atoms with van der Waals surface area (Å²) in [6, 6.07) is 10.4. The van der Waals surface area contributed by atoms with Gasteiger partial charge in [-0.25, -0.2) is 9.97 Å². The number of esters is 1. The van der Waals surface area contributed by atoms with Crippen LogP contribution < -0.4 is 4.74 Å². The van der Waals surface area contributed by atoms with Gasteiger partial charge in [0, 0.05) is 52.0 Å². The lowest BCUT2D eigenvalue weighted by atomic mass is 10.0. The summed E-state index contributed by atoms with van der Waals surface area (Å²) < 4.78 is 28.4. The summed E-state index contributed by atoms with van der Waals surface area (Å²) in [6.07, 6.45) is 26.4. The maximum absolute atomic E-state index is 13.7. The molecule has 5 heterocycles. The van der Waals surface area contributed by atoms with E-state index in [1.165, 1.54) is 77.0 Å². The maximum Gasteiger partial charge on any atom is 0.311 e.